The average molecular weight is 306 g/mol. The van der Waals surface area contributed by atoms with E-state index in [1.54, 1.807) is 36.2 Å². The van der Waals surface area contributed by atoms with Gasteiger partial charge in [0.15, 0.2) is 5.78 Å². The Labute approximate surface area is 132 Å². The van der Waals surface area contributed by atoms with E-state index < -0.39 is 0 Å². The van der Waals surface area contributed by atoms with Gasteiger partial charge in [0, 0.05) is 51.9 Å². The third-order valence-electron chi connectivity index (χ3n) is 3.53. The number of rotatable bonds is 9. The molecule has 1 aromatic carbocycles. The molecule has 6 heteroatoms. The van der Waals surface area contributed by atoms with Gasteiger partial charge in [0.1, 0.15) is 0 Å². The first kappa shape index (κ1) is 18.3. The molecular weight excluding hydrogens is 280 g/mol. The normalized spacial score (nSPS) is 10.8. The van der Waals surface area contributed by atoms with Crippen LogP contribution in [-0.4, -0.2) is 67.8 Å². The van der Waals surface area contributed by atoms with E-state index in [4.69, 9.17) is 11.5 Å². The van der Waals surface area contributed by atoms with Crippen LogP contribution in [-0.2, 0) is 0 Å². The van der Waals surface area contributed by atoms with Gasteiger partial charge >= 0.3 is 0 Å². The lowest BCUT2D eigenvalue weighted by Gasteiger charge is -2.25. The molecular formula is C16H26N4O2. The van der Waals surface area contributed by atoms with Crippen molar-refractivity contribution in [3.8, 4) is 0 Å². The second kappa shape index (κ2) is 9.30. The van der Waals surface area contributed by atoms with Gasteiger partial charge in [-0.3, -0.25) is 14.5 Å². The maximum atomic E-state index is 12.5. The molecule has 0 spiro atoms. The number of ketones is 1. The molecule has 0 atom stereocenters. The Hall–Kier alpha value is -1.76. The van der Waals surface area contributed by atoms with Crippen molar-refractivity contribution in [3.63, 3.8) is 0 Å². The number of amides is 1. The summed E-state index contributed by atoms with van der Waals surface area (Å²) in [5, 5.41) is 0. The third kappa shape index (κ3) is 5.22. The van der Waals surface area contributed by atoms with Crippen LogP contribution in [0.3, 0.4) is 0 Å². The minimum atomic E-state index is -0.147. The largest absolute Gasteiger partial charge is 0.340 e. The fraction of sp³-hybridized carbons (Fsp3) is 0.500. The molecule has 0 aromatic heterocycles. The van der Waals surface area contributed by atoms with E-state index >= 15 is 0 Å². The van der Waals surface area contributed by atoms with Gasteiger partial charge in [-0.25, -0.2) is 0 Å². The summed E-state index contributed by atoms with van der Waals surface area (Å²) in [4.78, 5) is 27.9. The number of carbonyl (C=O) groups is 2. The van der Waals surface area contributed by atoms with Gasteiger partial charge in [-0.1, -0.05) is 18.2 Å². The molecule has 4 N–H and O–H groups in total. The van der Waals surface area contributed by atoms with Crippen molar-refractivity contribution in [1.82, 2.24) is 9.80 Å². The Morgan fingerprint density at radius 3 is 2.00 bits per heavy atom. The van der Waals surface area contributed by atoms with Crippen LogP contribution in [0, 0.1) is 0 Å². The second-order valence-electron chi connectivity index (χ2n) is 5.25. The Morgan fingerprint density at radius 2 is 1.50 bits per heavy atom. The quantitative estimate of drug-likeness (QED) is 0.635. The van der Waals surface area contributed by atoms with E-state index in [-0.39, 0.29) is 11.7 Å². The first-order valence-corrected chi connectivity index (χ1v) is 7.49. The summed E-state index contributed by atoms with van der Waals surface area (Å²) in [6.45, 7) is 5.36. The number of carbonyl (C=O) groups excluding carboxylic acids is 2. The summed E-state index contributed by atoms with van der Waals surface area (Å²) < 4.78 is 0. The number of benzene rings is 1. The third-order valence-corrected chi connectivity index (χ3v) is 3.53. The van der Waals surface area contributed by atoms with Gasteiger partial charge in [-0.15, -0.1) is 0 Å². The molecule has 0 bridgehead atoms. The number of Topliss-reactive ketones (excluding diaryl/α,β-unsaturated/α-hetero) is 1. The fourth-order valence-corrected chi connectivity index (χ4v) is 2.28. The molecule has 0 aliphatic rings. The van der Waals surface area contributed by atoms with Crippen molar-refractivity contribution >= 4 is 11.7 Å². The van der Waals surface area contributed by atoms with Gasteiger partial charge in [0.2, 0.25) is 0 Å². The maximum absolute atomic E-state index is 12.5. The molecule has 0 radical (unpaired) electrons. The highest BCUT2D eigenvalue weighted by Gasteiger charge is 2.17. The van der Waals surface area contributed by atoms with E-state index in [2.05, 4.69) is 4.90 Å². The molecule has 0 fully saturated rings. The van der Waals surface area contributed by atoms with Crippen LogP contribution in [0.25, 0.3) is 0 Å². The zero-order chi connectivity index (χ0) is 16.5. The summed E-state index contributed by atoms with van der Waals surface area (Å²) in [6, 6.07) is 6.89. The van der Waals surface area contributed by atoms with Crippen LogP contribution in [0.1, 0.15) is 27.6 Å². The molecule has 0 saturated carbocycles. The van der Waals surface area contributed by atoms with Crippen molar-refractivity contribution in [3.05, 3.63) is 35.4 Å². The number of likely N-dealkylation sites (N-methyl/N-ethyl adjacent to an activating group) is 1. The molecule has 0 unspecified atom stereocenters. The fourth-order valence-electron chi connectivity index (χ4n) is 2.28. The smallest absolute Gasteiger partial charge is 0.254 e. The van der Waals surface area contributed by atoms with Gasteiger partial charge in [-0.05, 0) is 13.0 Å². The van der Waals surface area contributed by atoms with Crippen LogP contribution < -0.4 is 11.5 Å². The Morgan fingerprint density at radius 1 is 0.955 bits per heavy atom. The van der Waals surface area contributed by atoms with Crippen molar-refractivity contribution in [2.24, 2.45) is 11.5 Å². The van der Waals surface area contributed by atoms with Crippen LogP contribution >= 0.6 is 0 Å². The van der Waals surface area contributed by atoms with E-state index in [0.717, 1.165) is 13.1 Å². The molecule has 122 valence electrons. The van der Waals surface area contributed by atoms with Gasteiger partial charge in [0.05, 0.1) is 5.56 Å². The number of nitrogens with two attached hydrogens (primary N) is 2. The first-order chi connectivity index (χ1) is 10.5. The zero-order valence-electron chi connectivity index (χ0n) is 13.4. The van der Waals surface area contributed by atoms with E-state index in [1.807, 2.05) is 0 Å². The summed E-state index contributed by atoms with van der Waals surface area (Å²) >= 11 is 0. The topological polar surface area (TPSA) is 92.7 Å². The second-order valence-corrected chi connectivity index (χ2v) is 5.25. The molecule has 6 nitrogen and oxygen atoms in total. The average Bonchev–Trinajstić information content (AvgIpc) is 2.52. The SMILES string of the molecule is CC(=O)c1ccccc1C(=O)N(C)CCN(CCN)CCN. The van der Waals surface area contributed by atoms with Crippen LogP contribution in [0.2, 0.25) is 0 Å². The molecule has 0 aliphatic heterocycles. The van der Waals surface area contributed by atoms with Crippen LogP contribution in [0.15, 0.2) is 24.3 Å². The van der Waals surface area contributed by atoms with E-state index in [9.17, 15) is 9.59 Å². The van der Waals surface area contributed by atoms with E-state index in [1.165, 1.54) is 6.92 Å². The Kier molecular flexibility index (Phi) is 7.73. The summed E-state index contributed by atoms with van der Waals surface area (Å²) in [6.07, 6.45) is 0. The lowest BCUT2D eigenvalue weighted by molar-refractivity contribution is 0.0774. The zero-order valence-corrected chi connectivity index (χ0v) is 13.4. The van der Waals surface area contributed by atoms with Gasteiger partial charge < -0.3 is 16.4 Å². The van der Waals surface area contributed by atoms with Crippen LogP contribution in [0.4, 0.5) is 0 Å². The highest BCUT2D eigenvalue weighted by Crippen LogP contribution is 2.12. The maximum Gasteiger partial charge on any atom is 0.254 e. The van der Waals surface area contributed by atoms with E-state index in [0.29, 0.717) is 37.3 Å². The molecule has 0 saturated heterocycles. The highest BCUT2D eigenvalue weighted by atomic mass is 16.2. The van der Waals surface area contributed by atoms with Crippen LogP contribution in [0.5, 0.6) is 0 Å². The van der Waals surface area contributed by atoms with Crippen molar-refractivity contribution in [2.45, 2.75) is 6.92 Å². The molecule has 1 rings (SSSR count). The molecule has 1 aromatic rings. The summed E-state index contributed by atoms with van der Waals surface area (Å²) in [5.41, 5.74) is 12.0. The lowest BCUT2D eigenvalue weighted by Crippen LogP contribution is -2.40. The van der Waals surface area contributed by atoms with Crippen molar-refractivity contribution in [2.75, 3.05) is 46.3 Å². The number of nitrogens with zero attached hydrogens (tertiary/aromatic N) is 2. The van der Waals surface area contributed by atoms with Crippen molar-refractivity contribution in [1.29, 1.82) is 0 Å². The number of hydrogen-bond acceptors (Lipinski definition) is 5. The lowest BCUT2D eigenvalue weighted by atomic mass is 10.0. The van der Waals surface area contributed by atoms with Crippen molar-refractivity contribution < 1.29 is 9.59 Å². The predicted octanol–water partition coefficient (Wildman–Crippen LogP) is 0.181. The monoisotopic (exact) mass is 306 g/mol. The molecule has 22 heavy (non-hydrogen) atoms. The highest BCUT2D eigenvalue weighted by molar-refractivity contribution is 6.07. The first-order valence-electron chi connectivity index (χ1n) is 7.49. The van der Waals surface area contributed by atoms with Gasteiger partial charge in [-0.2, -0.15) is 0 Å². The Bertz CT molecular complexity index is 499. The molecule has 0 heterocycles. The summed E-state index contributed by atoms with van der Waals surface area (Å²) in [5.74, 6) is -0.253. The predicted molar refractivity (Wildman–Crippen MR) is 88.0 cm³/mol. The van der Waals surface area contributed by atoms with Gasteiger partial charge in [0.25, 0.3) is 5.91 Å². The number of hydrogen-bond donors (Lipinski definition) is 2. The molecule has 0 aliphatic carbocycles. The molecule has 1 amide bonds. The minimum absolute atomic E-state index is 0.106. The minimum Gasteiger partial charge on any atom is -0.340 e. The standard InChI is InChI=1S/C16H26N4O2/c1-13(21)14-5-3-4-6-15(14)16(22)19(2)11-12-20(9-7-17)10-8-18/h3-6H,7-12,17-18H2,1-2H3. The summed E-state index contributed by atoms with van der Waals surface area (Å²) in [7, 11) is 1.74. The Balaban J connectivity index is 2.71.